The van der Waals surface area contributed by atoms with Gasteiger partial charge in [0.1, 0.15) is 0 Å². The lowest BCUT2D eigenvalue weighted by atomic mass is 10.2. The first-order valence-corrected chi connectivity index (χ1v) is 8.65. The molecule has 0 radical (unpaired) electrons. The van der Waals surface area contributed by atoms with Crippen LogP contribution in [-0.2, 0) is 0 Å². The number of thioether (sulfide) groups is 1. The van der Waals surface area contributed by atoms with Crippen molar-refractivity contribution in [2.75, 3.05) is 12.3 Å². The molecule has 104 valence electrons. The lowest BCUT2D eigenvalue weighted by Crippen LogP contribution is -2.26. The summed E-state index contributed by atoms with van der Waals surface area (Å²) in [5.74, 6) is 0.785. The zero-order valence-electron chi connectivity index (χ0n) is 10.6. The van der Waals surface area contributed by atoms with Gasteiger partial charge in [-0.15, -0.1) is 11.8 Å². The number of benzene rings is 2. The van der Waals surface area contributed by atoms with E-state index in [1.807, 2.05) is 36.4 Å². The van der Waals surface area contributed by atoms with Gasteiger partial charge >= 0.3 is 0 Å². The molecule has 0 aliphatic carbocycles. The minimum atomic E-state index is -0.0631. The highest BCUT2D eigenvalue weighted by Gasteiger charge is 2.09. The Bertz CT molecular complexity index is 590. The Balaban J connectivity index is 1.82. The van der Waals surface area contributed by atoms with Crippen LogP contribution in [0.15, 0.2) is 62.4 Å². The van der Waals surface area contributed by atoms with Crippen molar-refractivity contribution in [2.45, 2.75) is 4.90 Å². The molecule has 0 saturated heterocycles. The molecule has 2 rings (SSSR count). The molecule has 1 amide bonds. The minimum absolute atomic E-state index is 0.0631. The summed E-state index contributed by atoms with van der Waals surface area (Å²) >= 11 is 8.49. The van der Waals surface area contributed by atoms with E-state index in [-0.39, 0.29) is 5.91 Å². The maximum atomic E-state index is 12.1. The fourth-order valence-electron chi connectivity index (χ4n) is 1.62. The highest BCUT2D eigenvalue weighted by atomic mass is 79.9. The monoisotopic (exact) mass is 413 g/mol. The number of carbonyl (C=O) groups is 1. The zero-order chi connectivity index (χ0) is 14.4. The van der Waals surface area contributed by atoms with Crippen molar-refractivity contribution < 1.29 is 4.79 Å². The van der Waals surface area contributed by atoms with Crippen LogP contribution in [0.3, 0.4) is 0 Å². The SMILES string of the molecule is O=C(NCCSc1ccccc1)c1cc(Br)ccc1Br. The standard InChI is InChI=1S/C15H13Br2NOS/c16-11-6-7-14(17)13(10-11)15(19)18-8-9-20-12-4-2-1-3-5-12/h1-7,10H,8-9H2,(H,18,19). The number of nitrogens with one attached hydrogen (secondary N) is 1. The molecule has 0 aromatic heterocycles. The van der Waals surface area contributed by atoms with Gasteiger partial charge < -0.3 is 5.32 Å². The first-order valence-electron chi connectivity index (χ1n) is 6.08. The van der Waals surface area contributed by atoms with Crippen LogP contribution >= 0.6 is 43.6 Å². The van der Waals surface area contributed by atoms with E-state index in [0.29, 0.717) is 12.1 Å². The van der Waals surface area contributed by atoms with Gasteiger partial charge in [-0.2, -0.15) is 0 Å². The molecule has 1 N–H and O–H groups in total. The Labute approximate surface area is 139 Å². The second-order valence-electron chi connectivity index (χ2n) is 4.04. The zero-order valence-corrected chi connectivity index (χ0v) is 14.6. The van der Waals surface area contributed by atoms with Crippen LogP contribution in [0.1, 0.15) is 10.4 Å². The molecular weight excluding hydrogens is 402 g/mol. The number of hydrogen-bond acceptors (Lipinski definition) is 2. The summed E-state index contributed by atoms with van der Waals surface area (Å²) in [6, 6.07) is 15.7. The third-order valence-corrected chi connectivity index (χ3v) is 4.77. The minimum Gasteiger partial charge on any atom is -0.351 e. The predicted octanol–water partition coefficient (Wildman–Crippen LogP) is 4.73. The van der Waals surface area contributed by atoms with Crippen molar-refractivity contribution in [1.82, 2.24) is 5.32 Å². The van der Waals surface area contributed by atoms with Crippen LogP contribution < -0.4 is 5.32 Å². The first-order chi connectivity index (χ1) is 9.66. The van der Waals surface area contributed by atoms with E-state index in [0.717, 1.165) is 14.7 Å². The first kappa shape index (κ1) is 15.6. The third kappa shape index (κ3) is 4.65. The summed E-state index contributed by atoms with van der Waals surface area (Å²) in [4.78, 5) is 13.3. The molecule has 0 aliphatic heterocycles. The highest BCUT2D eigenvalue weighted by molar-refractivity contribution is 9.11. The molecule has 0 spiro atoms. The lowest BCUT2D eigenvalue weighted by molar-refractivity contribution is 0.0955. The maximum absolute atomic E-state index is 12.1. The summed E-state index contributed by atoms with van der Waals surface area (Å²) in [5.41, 5.74) is 0.643. The number of hydrogen-bond donors (Lipinski definition) is 1. The molecule has 0 aliphatic rings. The van der Waals surface area contributed by atoms with Gasteiger partial charge in [0, 0.05) is 26.1 Å². The normalized spacial score (nSPS) is 10.3. The summed E-state index contributed by atoms with van der Waals surface area (Å²) in [6.07, 6.45) is 0. The Kier molecular flexibility index (Phi) is 6.13. The molecule has 0 atom stereocenters. The van der Waals surface area contributed by atoms with Gasteiger partial charge in [-0.25, -0.2) is 0 Å². The summed E-state index contributed by atoms with van der Waals surface area (Å²) < 4.78 is 1.69. The van der Waals surface area contributed by atoms with Gasteiger partial charge in [0.25, 0.3) is 5.91 Å². The van der Waals surface area contributed by atoms with Gasteiger partial charge in [0.05, 0.1) is 5.56 Å². The summed E-state index contributed by atoms with van der Waals surface area (Å²) in [5, 5.41) is 2.93. The Morgan fingerprint density at radius 2 is 1.85 bits per heavy atom. The molecule has 0 saturated carbocycles. The van der Waals surface area contributed by atoms with E-state index < -0.39 is 0 Å². The smallest absolute Gasteiger partial charge is 0.252 e. The lowest BCUT2D eigenvalue weighted by Gasteiger charge is -2.07. The average molecular weight is 415 g/mol. The molecule has 0 unspecified atom stereocenters. The number of carbonyl (C=O) groups excluding carboxylic acids is 1. The van der Waals surface area contributed by atoms with Crippen molar-refractivity contribution in [3.05, 3.63) is 63.0 Å². The number of halogens is 2. The van der Waals surface area contributed by atoms with Gasteiger partial charge in [-0.3, -0.25) is 4.79 Å². The Hall–Kier alpha value is -0.780. The largest absolute Gasteiger partial charge is 0.351 e. The number of amides is 1. The van der Waals surface area contributed by atoms with Crippen LogP contribution in [0.5, 0.6) is 0 Å². The van der Waals surface area contributed by atoms with Crippen LogP contribution in [0.4, 0.5) is 0 Å². The average Bonchev–Trinajstić information content (AvgIpc) is 2.47. The molecule has 2 aromatic carbocycles. The van der Waals surface area contributed by atoms with Crippen molar-refractivity contribution in [2.24, 2.45) is 0 Å². The van der Waals surface area contributed by atoms with Crippen molar-refractivity contribution >= 4 is 49.5 Å². The van der Waals surface area contributed by atoms with Crippen LogP contribution in [0.2, 0.25) is 0 Å². The van der Waals surface area contributed by atoms with E-state index in [1.165, 1.54) is 4.90 Å². The third-order valence-electron chi connectivity index (χ3n) is 2.57. The van der Waals surface area contributed by atoms with Gasteiger partial charge in [-0.1, -0.05) is 34.1 Å². The Morgan fingerprint density at radius 1 is 1.10 bits per heavy atom. The van der Waals surface area contributed by atoms with E-state index in [1.54, 1.807) is 11.8 Å². The number of rotatable bonds is 5. The second-order valence-corrected chi connectivity index (χ2v) is 6.98. The van der Waals surface area contributed by atoms with E-state index in [4.69, 9.17) is 0 Å². The molecule has 2 nitrogen and oxygen atoms in total. The molecule has 0 bridgehead atoms. The van der Waals surface area contributed by atoms with Crippen molar-refractivity contribution in [3.63, 3.8) is 0 Å². The van der Waals surface area contributed by atoms with E-state index in [2.05, 4.69) is 49.3 Å². The molecule has 5 heteroatoms. The topological polar surface area (TPSA) is 29.1 Å². The van der Waals surface area contributed by atoms with Crippen molar-refractivity contribution in [3.8, 4) is 0 Å². The predicted molar refractivity (Wildman–Crippen MR) is 91.3 cm³/mol. The molecule has 0 fully saturated rings. The van der Waals surface area contributed by atoms with E-state index >= 15 is 0 Å². The van der Waals surface area contributed by atoms with Gasteiger partial charge in [0.15, 0.2) is 0 Å². The van der Waals surface area contributed by atoms with Gasteiger partial charge in [0.2, 0.25) is 0 Å². The molecule has 2 aromatic rings. The van der Waals surface area contributed by atoms with Crippen molar-refractivity contribution in [1.29, 1.82) is 0 Å². The van der Waals surface area contributed by atoms with Crippen LogP contribution in [0, 0.1) is 0 Å². The summed E-state index contributed by atoms with van der Waals surface area (Å²) in [7, 11) is 0. The van der Waals surface area contributed by atoms with Crippen LogP contribution in [-0.4, -0.2) is 18.2 Å². The quantitative estimate of drug-likeness (QED) is 0.565. The summed E-state index contributed by atoms with van der Waals surface area (Å²) in [6.45, 7) is 0.636. The molecular formula is C15H13Br2NOS. The van der Waals surface area contributed by atoms with Crippen LogP contribution in [0.25, 0.3) is 0 Å². The maximum Gasteiger partial charge on any atom is 0.252 e. The fourth-order valence-corrected chi connectivity index (χ4v) is 3.19. The fraction of sp³-hybridized carbons (Fsp3) is 0.133. The molecule has 20 heavy (non-hydrogen) atoms. The second kappa shape index (κ2) is 7.86. The Morgan fingerprint density at radius 3 is 2.60 bits per heavy atom. The van der Waals surface area contributed by atoms with E-state index in [9.17, 15) is 4.79 Å². The van der Waals surface area contributed by atoms with Gasteiger partial charge in [-0.05, 0) is 46.3 Å². The highest BCUT2D eigenvalue weighted by Crippen LogP contribution is 2.21. The molecule has 0 heterocycles.